The first-order valence-corrected chi connectivity index (χ1v) is 12.8. The summed E-state index contributed by atoms with van der Waals surface area (Å²) in [5.74, 6) is 0.954. The third kappa shape index (κ3) is 4.01. The van der Waals surface area contributed by atoms with E-state index in [-0.39, 0.29) is 23.5 Å². The minimum absolute atomic E-state index is 0.110. The molecule has 0 saturated heterocycles. The predicted molar refractivity (Wildman–Crippen MR) is 146 cm³/mol. The van der Waals surface area contributed by atoms with Gasteiger partial charge in [0.25, 0.3) is 11.5 Å². The molecule has 3 aliphatic rings. The summed E-state index contributed by atoms with van der Waals surface area (Å²) in [5.41, 5.74) is 5.54. The number of aliphatic imine (C=N–C) groups is 1. The van der Waals surface area contributed by atoms with E-state index in [4.69, 9.17) is 0 Å². The second-order valence-corrected chi connectivity index (χ2v) is 10.9. The number of nitrogens with zero attached hydrogens (tertiary/aromatic N) is 5. The monoisotopic (exact) mass is 513 g/mol. The number of rotatable bonds is 4. The number of pyridine rings is 2. The molecule has 38 heavy (non-hydrogen) atoms. The van der Waals surface area contributed by atoms with Gasteiger partial charge in [0.1, 0.15) is 23.0 Å². The van der Waals surface area contributed by atoms with Crippen molar-refractivity contribution in [2.45, 2.75) is 39.8 Å². The number of nitrogens with one attached hydrogen (secondary N) is 2. The molecule has 3 aromatic heterocycles. The Hall–Kier alpha value is -4.18. The van der Waals surface area contributed by atoms with Crippen LogP contribution in [0.15, 0.2) is 52.8 Å². The zero-order valence-corrected chi connectivity index (χ0v) is 21.8. The number of aromatic nitrogens is 3. The molecule has 10 heteroatoms. The highest BCUT2D eigenvalue weighted by molar-refractivity contribution is 6.06. The molecule has 0 unspecified atom stereocenters. The maximum absolute atomic E-state index is 13.7. The third-order valence-corrected chi connectivity index (χ3v) is 7.54. The first-order valence-electron chi connectivity index (χ1n) is 12.8. The van der Waals surface area contributed by atoms with E-state index >= 15 is 0 Å². The van der Waals surface area contributed by atoms with E-state index in [9.17, 15) is 14.7 Å². The Kier molecular flexibility index (Phi) is 5.71. The molecule has 0 bridgehead atoms. The number of carbonyl (C=O) groups excluding carboxylic acids is 1. The third-order valence-electron chi connectivity index (χ3n) is 7.54. The minimum Gasteiger partial charge on any atom is -0.392 e. The molecule has 2 aliphatic heterocycles. The number of aliphatic hydroxyl groups excluding tert-OH is 1. The van der Waals surface area contributed by atoms with Crippen LogP contribution in [0.3, 0.4) is 0 Å². The van der Waals surface area contributed by atoms with E-state index in [0.29, 0.717) is 53.8 Å². The standard InChI is InChI=1S/C28H31N7O3/c1-28(2)12-17-11-22-27(38)35(9-8-34(22)23(17)13-28)25-20(16-36)19(4-5-31-25)18-10-21(26(37)33(3)15-18)32-24-14-29-6-7-30-24/h4-7,10-11,15,29,36H,8-9,12-14,16H2,1-3H3,(H,30,32). The van der Waals surface area contributed by atoms with Crippen LogP contribution in [0.2, 0.25) is 0 Å². The van der Waals surface area contributed by atoms with Crippen molar-refractivity contribution in [3.63, 3.8) is 0 Å². The van der Waals surface area contributed by atoms with Crippen molar-refractivity contribution in [2.24, 2.45) is 17.5 Å². The lowest BCUT2D eigenvalue weighted by atomic mass is 9.90. The lowest BCUT2D eigenvalue weighted by Gasteiger charge is -2.31. The molecular weight excluding hydrogens is 482 g/mol. The minimum atomic E-state index is -0.305. The molecule has 0 spiro atoms. The topological polar surface area (TPSA) is 117 Å². The zero-order chi connectivity index (χ0) is 26.6. The highest BCUT2D eigenvalue weighted by Gasteiger charge is 2.37. The van der Waals surface area contributed by atoms with Crippen molar-refractivity contribution in [3.05, 3.63) is 75.9 Å². The van der Waals surface area contributed by atoms with Crippen LogP contribution in [0.1, 0.15) is 41.2 Å². The van der Waals surface area contributed by atoms with Gasteiger partial charge in [-0.05, 0) is 47.6 Å². The molecule has 6 rings (SSSR count). The van der Waals surface area contributed by atoms with E-state index in [1.54, 1.807) is 48.9 Å². The Morgan fingerprint density at radius 1 is 1.18 bits per heavy atom. The number of anilines is 2. The van der Waals surface area contributed by atoms with Crippen LogP contribution in [0.4, 0.5) is 11.5 Å². The quantitative estimate of drug-likeness (QED) is 0.493. The molecule has 1 aliphatic carbocycles. The normalized spacial score (nSPS) is 17.6. The van der Waals surface area contributed by atoms with Crippen molar-refractivity contribution in [1.82, 2.24) is 19.4 Å². The van der Waals surface area contributed by atoms with Crippen molar-refractivity contribution in [2.75, 3.05) is 23.3 Å². The van der Waals surface area contributed by atoms with Crippen molar-refractivity contribution in [3.8, 4) is 11.1 Å². The number of amidine groups is 1. The van der Waals surface area contributed by atoms with Crippen molar-refractivity contribution < 1.29 is 9.90 Å². The van der Waals surface area contributed by atoms with Crippen LogP contribution in [-0.2, 0) is 33.0 Å². The molecule has 5 heterocycles. The van der Waals surface area contributed by atoms with Crippen LogP contribution in [0.25, 0.3) is 11.1 Å². The van der Waals surface area contributed by atoms with Crippen LogP contribution >= 0.6 is 0 Å². The van der Waals surface area contributed by atoms with E-state index in [0.717, 1.165) is 18.4 Å². The summed E-state index contributed by atoms with van der Waals surface area (Å²) in [5, 5.41) is 16.7. The summed E-state index contributed by atoms with van der Waals surface area (Å²) < 4.78 is 3.65. The van der Waals surface area contributed by atoms with Crippen molar-refractivity contribution in [1.29, 1.82) is 0 Å². The molecular formula is C28H31N7O3. The number of carbonyl (C=O) groups is 1. The van der Waals surface area contributed by atoms with E-state index in [2.05, 4.69) is 39.0 Å². The van der Waals surface area contributed by atoms with Crippen LogP contribution in [-0.4, -0.2) is 44.1 Å². The molecule has 0 fully saturated rings. The molecule has 0 aromatic carbocycles. The van der Waals surface area contributed by atoms with Gasteiger partial charge in [-0.3, -0.25) is 14.5 Å². The van der Waals surface area contributed by atoms with Gasteiger partial charge < -0.3 is 24.9 Å². The number of aryl methyl sites for hydroxylation is 1. The maximum atomic E-state index is 13.7. The average Bonchev–Trinajstić information content (AvgIpc) is 3.39. The molecule has 10 nitrogen and oxygen atoms in total. The van der Waals surface area contributed by atoms with Crippen LogP contribution < -0.4 is 21.1 Å². The molecule has 1 amide bonds. The van der Waals surface area contributed by atoms with E-state index in [1.165, 1.54) is 15.8 Å². The highest BCUT2D eigenvalue weighted by atomic mass is 16.3. The second-order valence-electron chi connectivity index (χ2n) is 10.9. The lowest BCUT2D eigenvalue weighted by molar-refractivity contribution is 0.0962. The molecule has 0 radical (unpaired) electrons. The summed E-state index contributed by atoms with van der Waals surface area (Å²) in [7, 11) is 1.68. The van der Waals surface area contributed by atoms with Crippen molar-refractivity contribution >= 4 is 23.2 Å². The number of amides is 1. The Bertz CT molecular complexity index is 1580. The Morgan fingerprint density at radius 2 is 2.03 bits per heavy atom. The summed E-state index contributed by atoms with van der Waals surface area (Å²) in [4.78, 5) is 37.0. The Morgan fingerprint density at radius 3 is 2.79 bits per heavy atom. The smallest absolute Gasteiger partial charge is 0.276 e. The summed E-state index contributed by atoms with van der Waals surface area (Å²) in [6.07, 6.45) is 8.66. The van der Waals surface area contributed by atoms with E-state index in [1.807, 2.05) is 6.07 Å². The zero-order valence-electron chi connectivity index (χ0n) is 21.8. The molecule has 3 aromatic rings. The summed E-state index contributed by atoms with van der Waals surface area (Å²) in [6, 6.07) is 5.58. The highest BCUT2D eigenvalue weighted by Crippen LogP contribution is 2.40. The first kappa shape index (κ1) is 24.2. The number of hydrogen-bond acceptors (Lipinski definition) is 7. The fourth-order valence-electron chi connectivity index (χ4n) is 5.81. The van der Waals surface area contributed by atoms with Gasteiger partial charge in [-0.2, -0.15) is 0 Å². The van der Waals surface area contributed by atoms with Gasteiger partial charge in [-0.25, -0.2) is 9.98 Å². The fourth-order valence-corrected chi connectivity index (χ4v) is 5.81. The lowest BCUT2D eigenvalue weighted by Crippen LogP contribution is -2.41. The largest absolute Gasteiger partial charge is 0.392 e. The molecule has 196 valence electrons. The number of aliphatic hydroxyl groups is 1. The molecule has 3 N–H and O–H groups in total. The average molecular weight is 514 g/mol. The fraction of sp³-hybridized carbons (Fsp3) is 0.357. The maximum Gasteiger partial charge on any atom is 0.276 e. The van der Waals surface area contributed by atoms with Gasteiger partial charge in [-0.15, -0.1) is 0 Å². The molecule has 0 saturated carbocycles. The van der Waals surface area contributed by atoms with Gasteiger partial charge in [-0.1, -0.05) is 13.8 Å². The second kappa shape index (κ2) is 8.98. The Labute approximate surface area is 220 Å². The van der Waals surface area contributed by atoms with Crippen LogP contribution in [0.5, 0.6) is 0 Å². The predicted octanol–water partition coefficient (Wildman–Crippen LogP) is 2.41. The SMILES string of the molecule is Cn1cc(-c2ccnc(N3CCn4c(cc5c4CC(C)(C)C5)C3=O)c2CO)cc(NC2=NC=CNC2)c1=O. The number of fused-ring (bicyclic) bond motifs is 3. The summed E-state index contributed by atoms with van der Waals surface area (Å²) >= 11 is 0. The van der Waals surface area contributed by atoms with Gasteiger partial charge in [0.15, 0.2) is 0 Å². The van der Waals surface area contributed by atoms with Gasteiger partial charge in [0.2, 0.25) is 0 Å². The molecule has 0 atom stereocenters. The number of hydrogen-bond donors (Lipinski definition) is 3. The van der Waals surface area contributed by atoms with Gasteiger partial charge in [0.05, 0.1) is 13.2 Å². The Balaban J connectivity index is 1.37. The van der Waals surface area contributed by atoms with Gasteiger partial charge >= 0.3 is 0 Å². The van der Waals surface area contributed by atoms with Gasteiger partial charge in [0, 0.05) is 61.8 Å². The van der Waals surface area contributed by atoms with Crippen LogP contribution in [0, 0.1) is 5.41 Å². The first-order chi connectivity index (χ1) is 18.3. The summed E-state index contributed by atoms with van der Waals surface area (Å²) in [6.45, 7) is 5.85. The van der Waals surface area contributed by atoms with E-state index < -0.39 is 0 Å².